The number of aliphatic carboxylic acids is 1. The molecule has 0 spiro atoms. The number of carboxylic acids is 1. The summed E-state index contributed by atoms with van der Waals surface area (Å²) in [5, 5.41) is 12.9. The third-order valence-corrected chi connectivity index (χ3v) is 5.83. The molecular formula is C27H43N3O6. The van der Waals surface area contributed by atoms with Crippen molar-refractivity contribution in [3.63, 3.8) is 0 Å². The van der Waals surface area contributed by atoms with Gasteiger partial charge in [-0.3, -0.25) is 19.8 Å². The van der Waals surface area contributed by atoms with E-state index in [1.54, 1.807) is 20.8 Å². The summed E-state index contributed by atoms with van der Waals surface area (Å²) in [6.45, 7) is 12.2. The molecule has 0 bridgehead atoms. The van der Waals surface area contributed by atoms with Gasteiger partial charge in [-0.15, -0.1) is 0 Å². The zero-order valence-electron chi connectivity index (χ0n) is 22.4. The van der Waals surface area contributed by atoms with Gasteiger partial charge in [-0.2, -0.15) is 0 Å². The third kappa shape index (κ3) is 10.6. The van der Waals surface area contributed by atoms with Crippen LogP contribution in [0.4, 0.5) is 0 Å². The summed E-state index contributed by atoms with van der Waals surface area (Å²) in [5.74, 6) is -1.57. The second kappa shape index (κ2) is 14.3. The Morgan fingerprint density at radius 3 is 2.44 bits per heavy atom. The van der Waals surface area contributed by atoms with Crippen LogP contribution >= 0.6 is 0 Å². The van der Waals surface area contributed by atoms with Crippen molar-refractivity contribution in [3.8, 4) is 0 Å². The molecule has 0 saturated carbocycles. The van der Waals surface area contributed by atoms with E-state index in [0.29, 0.717) is 39.3 Å². The van der Waals surface area contributed by atoms with Crippen LogP contribution in [0, 0.1) is 5.92 Å². The molecule has 9 nitrogen and oxygen atoms in total. The Labute approximate surface area is 215 Å². The molecule has 1 aromatic rings. The van der Waals surface area contributed by atoms with Crippen LogP contribution in [0.2, 0.25) is 0 Å². The van der Waals surface area contributed by atoms with Gasteiger partial charge in [0.15, 0.2) is 0 Å². The zero-order chi connectivity index (χ0) is 26.7. The maximum atomic E-state index is 13.4. The largest absolute Gasteiger partial charge is 0.480 e. The highest BCUT2D eigenvalue weighted by molar-refractivity contribution is 5.88. The van der Waals surface area contributed by atoms with Crippen LogP contribution in [0.15, 0.2) is 30.3 Å². The fourth-order valence-corrected chi connectivity index (χ4v) is 4.20. The van der Waals surface area contributed by atoms with Gasteiger partial charge in [-0.1, -0.05) is 44.2 Å². The Balaban J connectivity index is 1.89. The monoisotopic (exact) mass is 505 g/mol. The molecule has 1 heterocycles. The first-order valence-electron chi connectivity index (χ1n) is 12.8. The lowest BCUT2D eigenvalue weighted by Crippen LogP contribution is -2.62. The van der Waals surface area contributed by atoms with E-state index in [4.69, 9.17) is 9.47 Å². The molecule has 1 saturated heterocycles. The molecule has 36 heavy (non-hydrogen) atoms. The van der Waals surface area contributed by atoms with Gasteiger partial charge in [-0.25, -0.2) is 4.79 Å². The molecular weight excluding hydrogens is 462 g/mol. The second-order valence-electron chi connectivity index (χ2n) is 10.7. The number of ether oxygens (including phenoxy) is 2. The van der Waals surface area contributed by atoms with Crippen molar-refractivity contribution >= 4 is 17.8 Å². The summed E-state index contributed by atoms with van der Waals surface area (Å²) in [6.07, 6.45) is 1.27. The Morgan fingerprint density at radius 2 is 1.83 bits per heavy atom. The van der Waals surface area contributed by atoms with E-state index in [0.717, 1.165) is 12.0 Å². The van der Waals surface area contributed by atoms with Crippen molar-refractivity contribution in [2.75, 3.05) is 39.3 Å². The number of piperazine rings is 1. The van der Waals surface area contributed by atoms with Gasteiger partial charge < -0.3 is 19.5 Å². The molecule has 202 valence electrons. The van der Waals surface area contributed by atoms with E-state index in [9.17, 15) is 19.5 Å². The molecule has 2 N–H and O–H groups in total. The highest BCUT2D eigenvalue weighted by atomic mass is 16.6. The second-order valence-corrected chi connectivity index (χ2v) is 10.7. The van der Waals surface area contributed by atoms with Crippen LogP contribution < -0.4 is 5.32 Å². The maximum Gasteiger partial charge on any atom is 0.327 e. The lowest BCUT2D eigenvalue weighted by molar-refractivity contribution is -0.156. The summed E-state index contributed by atoms with van der Waals surface area (Å²) >= 11 is 0. The van der Waals surface area contributed by atoms with Crippen molar-refractivity contribution < 1.29 is 29.0 Å². The topological polar surface area (TPSA) is 108 Å². The van der Waals surface area contributed by atoms with Gasteiger partial charge in [0, 0.05) is 32.8 Å². The van der Waals surface area contributed by atoms with Crippen molar-refractivity contribution in [1.29, 1.82) is 0 Å². The fraction of sp³-hybridized carbons (Fsp3) is 0.667. The van der Waals surface area contributed by atoms with Crippen molar-refractivity contribution in [2.45, 2.75) is 71.8 Å². The number of rotatable bonds is 13. The predicted molar refractivity (Wildman–Crippen MR) is 137 cm³/mol. The fourth-order valence-electron chi connectivity index (χ4n) is 4.20. The molecule has 0 unspecified atom stereocenters. The first-order valence-corrected chi connectivity index (χ1v) is 12.8. The van der Waals surface area contributed by atoms with Crippen molar-refractivity contribution in [2.24, 2.45) is 5.92 Å². The molecule has 2 atom stereocenters. The SMILES string of the molecule is CC(C)C[C@H](NCC(=O)OC(C)(C)C)C(=O)N1CCN(CCCOCc2ccccc2)C[C@@H]1C(=O)O. The van der Waals surface area contributed by atoms with E-state index in [2.05, 4.69) is 10.2 Å². The third-order valence-electron chi connectivity index (χ3n) is 5.83. The lowest BCUT2D eigenvalue weighted by Gasteiger charge is -2.41. The normalized spacial score (nSPS) is 17.7. The number of amides is 1. The minimum Gasteiger partial charge on any atom is -0.480 e. The minimum absolute atomic E-state index is 0.110. The Hall–Kier alpha value is -2.49. The molecule has 1 amide bonds. The van der Waals surface area contributed by atoms with E-state index in [-0.39, 0.29) is 24.9 Å². The molecule has 2 rings (SSSR count). The standard InChI is InChI=1S/C27H43N3O6/c1-20(2)16-22(28-17-24(31)36-27(3,4)5)25(32)30-14-13-29(18-23(30)26(33)34)12-9-15-35-19-21-10-7-6-8-11-21/h6-8,10-11,20,22-23,28H,9,12-19H2,1-5H3,(H,33,34)/t22-,23+/m0/s1. The average Bonchev–Trinajstić information content (AvgIpc) is 2.80. The number of nitrogens with one attached hydrogen (secondary N) is 1. The van der Waals surface area contributed by atoms with Gasteiger partial charge >= 0.3 is 11.9 Å². The first kappa shape index (κ1) is 29.7. The number of carboxylic acid groups (broad SMARTS) is 1. The van der Waals surface area contributed by atoms with Gasteiger partial charge in [-0.05, 0) is 45.1 Å². The molecule has 0 aliphatic carbocycles. The van der Waals surface area contributed by atoms with Crippen LogP contribution in [0.3, 0.4) is 0 Å². The van der Waals surface area contributed by atoms with Gasteiger partial charge in [0.05, 0.1) is 19.2 Å². The number of carbonyl (C=O) groups is 3. The first-order chi connectivity index (χ1) is 17.0. The summed E-state index contributed by atoms with van der Waals surface area (Å²) in [4.78, 5) is 41.2. The number of esters is 1. The maximum absolute atomic E-state index is 13.4. The average molecular weight is 506 g/mol. The smallest absolute Gasteiger partial charge is 0.327 e. The molecule has 9 heteroatoms. The van der Waals surface area contributed by atoms with Crippen LogP contribution in [0.1, 0.15) is 53.0 Å². The predicted octanol–water partition coefficient (Wildman–Crippen LogP) is 2.54. The minimum atomic E-state index is -1.02. The Bertz CT molecular complexity index is 840. The van der Waals surface area contributed by atoms with Gasteiger partial charge in [0.2, 0.25) is 5.91 Å². The number of carbonyl (C=O) groups excluding carboxylic acids is 2. The lowest BCUT2D eigenvalue weighted by atomic mass is 10.0. The van der Waals surface area contributed by atoms with Crippen LogP contribution in [-0.4, -0.2) is 89.8 Å². The molecule has 1 aromatic carbocycles. The van der Waals surface area contributed by atoms with E-state index in [1.807, 2.05) is 44.2 Å². The molecule has 1 aliphatic heterocycles. The number of hydrogen-bond acceptors (Lipinski definition) is 7. The van der Waals surface area contributed by atoms with Crippen molar-refractivity contribution in [3.05, 3.63) is 35.9 Å². The van der Waals surface area contributed by atoms with E-state index < -0.39 is 29.6 Å². The zero-order valence-corrected chi connectivity index (χ0v) is 22.4. The van der Waals surface area contributed by atoms with Crippen molar-refractivity contribution in [1.82, 2.24) is 15.1 Å². The molecule has 1 fully saturated rings. The Morgan fingerprint density at radius 1 is 1.14 bits per heavy atom. The summed E-state index contributed by atoms with van der Waals surface area (Å²) in [6, 6.07) is 8.36. The van der Waals surface area contributed by atoms with Gasteiger partial charge in [0.25, 0.3) is 0 Å². The summed E-state index contributed by atoms with van der Waals surface area (Å²) in [7, 11) is 0. The highest BCUT2D eigenvalue weighted by Gasteiger charge is 2.38. The number of hydrogen-bond donors (Lipinski definition) is 2. The van der Waals surface area contributed by atoms with Crippen LogP contribution in [0.25, 0.3) is 0 Å². The van der Waals surface area contributed by atoms with Gasteiger partial charge in [0.1, 0.15) is 11.6 Å². The summed E-state index contributed by atoms with van der Waals surface area (Å²) < 4.78 is 11.1. The quantitative estimate of drug-likeness (QED) is 0.311. The highest BCUT2D eigenvalue weighted by Crippen LogP contribution is 2.16. The molecule has 1 aliphatic rings. The Kier molecular flexibility index (Phi) is 11.8. The molecule has 0 aromatic heterocycles. The summed E-state index contributed by atoms with van der Waals surface area (Å²) in [5.41, 5.74) is 0.500. The number of benzene rings is 1. The van der Waals surface area contributed by atoms with E-state index in [1.165, 1.54) is 4.90 Å². The van der Waals surface area contributed by atoms with E-state index >= 15 is 0 Å². The van der Waals surface area contributed by atoms with Crippen LogP contribution in [0.5, 0.6) is 0 Å². The molecule has 0 radical (unpaired) electrons. The number of nitrogens with zero attached hydrogens (tertiary/aromatic N) is 2. The van der Waals surface area contributed by atoms with Crippen LogP contribution in [-0.2, 0) is 30.5 Å².